The third-order valence-corrected chi connectivity index (χ3v) is 6.45. The first-order valence-corrected chi connectivity index (χ1v) is 12.0. The average Bonchev–Trinajstić information content (AvgIpc) is 2.67. The number of carbonyl (C=O) groups excluding carboxylic acids is 1. The Morgan fingerprint density at radius 3 is 2.83 bits per heavy atom. The molecule has 1 unspecified atom stereocenters. The number of fused-ring (bicyclic) bond motifs is 4. The van der Waals surface area contributed by atoms with Gasteiger partial charge >= 0.3 is 6.03 Å². The number of nitrogens with one attached hydrogen (secondary N) is 4. The molecule has 2 amide bonds. The highest BCUT2D eigenvalue weighted by Gasteiger charge is 2.16. The first-order chi connectivity index (χ1) is 13.9. The highest BCUT2D eigenvalue weighted by molar-refractivity contribution is 9.10. The molecule has 2 heterocycles. The number of hydrogen-bond acceptors (Lipinski definition) is 7. The topological polar surface area (TPSA) is 120 Å². The van der Waals surface area contributed by atoms with E-state index >= 15 is 0 Å². The molecule has 4 bridgehead atoms. The second kappa shape index (κ2) is 9.40. The Labute approximate surface area is 178 Å². The predicted octanol–water partition coefficient (Wildman–Crippen LogP) is 3.79. The molecular weight excluding hydrogens is 458 g/mol. The van der Waals surface area contributed by atoms with Crippen LogP contribution < -0.4 is 21.3 Å². The van der Waals surface area contributed by atoms with Gasteiger partial charge in [0.2, 0.25) is 5.95 Å². The number of amides is 2. The van der Waals surface area contributed by atoms with Gasteiger partial charge in [-0.1, -0.05) is 0 Å². The van der Waals surface area contributed by atoms with Crippen molar-refractivity contribution in [3.05, 3.63) is 28.9 Å². The number of aromatic nitrogens is 2. The number of anilines is 4. The Balaban J connectivity index is 2.00. The van der Waals surface area contributed by atoms with Gasteiger partial charge in [0, 0.05) is 37.8 Å². The van der Waals surface area contributed by atoms with Crippen LogP contribution in [0, 0.1) is 0 Å². The lowest BCUT2D eigenvalue weighted by molar-refractivity contribution is 0.250. The molecule has 4 N–H and O–H groups in total. The molecule has 1 aliphatic rings. The summed E-state index contributed by atoms with van der Waals surface area (Å²) in [6, 6.07) is 4.74. The van der Waals surface area contributed by atoms with Crippen LogP contribution in [-0.4, -0.2) is 46.1 Å². The molecule has 2 aromatic rings. The minimum absolute atomic E-state index is 0.426. The second-order valence-corrected chi connectivity index (χ2v) is 9.60. The molecule has 29 heavy (non-hydrogen) atoms. The van der Waals surface area contributed by atoms with Crippen molar-refractivity contribution in [2.45, 2.75) is 24.7 Å². The summed E-state index contributed by atoms with van der Waals surface area (Å²) in [5.41, 5.74) is 1.40. The van der Waals surface area contributed by atoms with Gasteiger partial charge in [-0.2, -0.15) is 4.98 Å². The fraction of sp³-hybridized carbons (Fsp3) is 0.389. The van der Waals surface area contributed by atoms with Crippen LogP contribution in [-0.2, 0) is 9.73 Å². The molecule has 3 rings (SSSR count). The Morgan fingerprint density at radius 2 is 2.07 bits per heavy atom. The minimum atomic E-state index is -2.92. The zero-order chi connectivity index (χ0) is 20.9. The van der Waals surface area contributed by atoms with Crippen LogP contribution in [0.15, 0.2) is 38.1 Å². The second-order valence-electron chi connectivity index (χ2n) is 6.52. The van der Waals surface area contributed by atoms with Gasteiger partial charge in [-0.25, -0.2) is 14.0 Å². The van der Waals surface area contributed by atoms with Crippen LogP contribution >= 0.6 is 15.9 Å². The van der Waals surface area contributed by atoms with Crippen LogP contribution in [0.3, 0.4) is 0 Å². The van der Waals surface area contributed by atoms with E-state index in [4.69, 9.17) is 0 Å². The highest BCUT2D eigenvalue weighted by Crippen LogP contribution is 2.29. The van der Waals surface area contributed by atoms with Crippen molar-refractivity contribution in [1.29, 1.82) is 0 Å². The van der Waals surface area contributed by atoms with E-state index in [2.05, 4.69) is 51.5 Å². The SMILES string of the molecule is CCNC(=O)N=S(C)(=O)c1ccc2cc1NCCCCNc1nc(ncc1Br)N2. The summed E-state index contributed by atoms with van der Waals surface area (Å²) in [6.07, 6.45) is 4.98. The Kier molecular flexibility index (Phi) is 6.91. The lowest BCUT2D eigenvalue weighted by Crippen LogP contribution is -2.20. The van der Waals surface area contributed by atoms with E-state index in [1.54, 1.807) is 25.3 Å². The Morgan fingerprint density at radius 1 is 1.31 bits per heavy atom. The van der Waals surface area contributed by atoms with Gasteiger partial charge in [-0.15, -0.1) is 4.36 Å². The molecular formula is C18H24BrN7O2S. The molecule has 1 atom stereocenters. The maximum atomic E-state index is 13.2. The monoisotopic (exact) mass is 481 g/mol. The number of halogens is 1. The van der Waals surface area contributed by atoms with Crippen LogP contribution in [0.1, 0.15) is 19.8 Å². The first kappa shape index (κ1) is 21.3. The van der Waals surface area contributed by atoms with Crippen molar-refractivity contribution in [1.82, 2.24) is 15.3 Å². The maximum absolute atomic E-state index is 13.2. The van der Waals surface area contributed by atoms with Crippen molar-refractivity contribution in [2.24, 2.45) is 4.36 Å². The molecule has 0 fully saturated rings. The lowest BCUT2D eigenvalue weighted by Gasteiger charge is -2.15. The smallest absolute Gasteiger partial charge is 0.349 e. The molecule has 0 saturated heterocycles. The first-order valence-electron chi connectivity index (χ1n) is 9.30. The predicted molar refractivity (Wildman–Crippen MR) is 120 cm³/mol. The summed E-state index contributed by atoms with van der Waals surface area (Å²) in [4.78, 5) is 21.1. The molecule has 9 nitrogen and oxygen atoms in total. The van der Waals surface area contributed by atoms with Gasteiger partial charge in [0.25, 0.3) is 0 Å². The quantitative estimate of drug-likeness (QED) is 0.514. The van der Waals surface area contributed by atoms with E-state index in [1.807, 2.05) is 6.07 Å². The largest absolute Gasteiger partial charge is 0.384 e. The molecule has 0 spiro atoms. The van der Waals surface area contributed by atoms with Gasteiger partial charge in [0.05, 0.1) is 24.8 Å². The normalized spacial score (nSPS) is 15.7. The third kappa shape index (κ3) is 5.57. The van der Waals surface area contributed by atoms with Crippen LogP contribution in [0.2, 0.25) is 0 Å². The number of urea groups is 1. The van der Waals surface area contributed by atoms with Crippen molar-refractivity contribution in [3.63, 3.8) is 0 Å². The molecule has 0 aliphatic carbocycles. The van der Waals surface area contributed by atoms with Crippen LogP contribution in [0.5, 0.6) is 0 Å². The number of hydrogen-bond donors (Lipinski definition) is 4. The van der Waals surface area contributed by atoms with Gasteiger partial charge < -0.3 is 21.3 Å². The van der Waals surface area contributed by atoms with E-state index < -0.39 is 15.8 Å². The van der Waals surface area contributed by atoms with Gasteiger partial charge in [-0.05, 0) is 53.9 Å². The maximum Gasteiger partial charge on any atom is 0.349 e. The molecule has 156 valence electrons. The van der Waals surface area contributed by atoms with Crippen LogP contribution in [0.4, 0.5) is 27.9 Å². The summed E-state index contributed by atoms with van der Waals surface area (Å²) < 4.78 is 17.8. The van der Waals surface area contributed by atoms with Crippen molar-refractivity contribution >= 4 is 54.8 Å². The van der Waals surface area contributed by atoms with E-state index in [1.165, 1.54) is 6.26 Å². The average molecular weight is 482 g/mol. The number of carbonyl (C=O) groups is 1. The fourth-order valence-electron chi connectivity index (χ4n) is 2.83. The van der Waals surface area contributed by atoms with Crippen molar-refractivity contribution in [2.75, 3.05) is 41.8 Å². The molecule has 11 heteroatoms. The van der Waals surface area contributed by atoms with Crippen LogP contribution in [0.25, 0.3) is 0 Å². The third-order valence-electron chi connectivity index (χ3n) is 4.18. The standard InChI is InChI=1S/C18H24BrN7O2S/c1-3-20-18(27)26-29(2,28)15-7-6-12-10-14(15)21-8-4-5-9-22-16-13(19)11-23-17(24-12)25-16/h6-7,10-11,21H,3-5,8-9H2,1-2H3,(H,20,27)(H2,22,23,24,25). The summed E-state index contributed by atoms with van der Waals surface area (Å²) in [7, 11) is -2.92. The van der Waals surface area contributed by atoms with Crippen molar-refractivity contribution in [3.8, 4) is 0 Å². The molecule has 0 saturated carbocycles. The van der Waals surface area contributed by atoms with E-state index in [0.29, 0.717) is 29.6 Å². The lowest BCUT2D eigenvalue weighted by atomic mass is 10.2. The summed E-state index contributed by atoms with van der Waals surface area (Å²) in [5, 5.41) is 12.4. The number of nitrogens with zero attached hydrogens (tertiary/aromatic N) is 3. The van der Waals surface area contributed by atoms with E-state index in [-0.39, 0.29) is 0 Å². The number of benzene rings is 1. The minimum Gasteiger partial charge on any atom is -0.384 e. The molecule has 1 aliphatic heterocycles. The summed E-state index contributed by atoms with van der Waals surface area (Å²) in [5.74, 6) is 1.17. The fourth-order valence-corrected chi connectivity index (χ4v) is 4.50. The number of rotatable bonds is 2. The van der Waals surface area contributed by atoms with Crippen molar-refractivity contribution < 1.29 is 9.00 Å². The summed E-state index contributed by atoms with van der Waals surface area (Å²) >= 11 is 3.45. The summed E-state index contributed by atoms with van der Waals surface area (Å²) in [6.45, 7) is 3.67. The highest BCUT2D eigenvalue weighted by atomic mass is 79.9. The Hall–Kier alpha value is -2.40. The molecule has 0 radical (unpaired) electrons. The van der Waals surface area contributed by atoms with Gasteiger partial charge in [-0.3, -0.25) is 0 Å². The van der Waals surface area contributed by atoms with Gasteiger partial charge in [0.15, 0.2) is 0 Å². The van der Waals surface area contributed by atoms with Gasteiger partial charge in [0.1, 0.15) is 5.82 Å². The zero-order valence-electron chi connectivity index (χ0n) is 16.3. The Bertz CT molecular complexity index is 1020. The molecule has 1 aromatic heterocycles. The van der Waals surface area contributed by atoms with E-state index in [0.717, 1.165) is 35.4 Å². The zero-order valence-corrected chi connectivity index (χ0v) is 18.7. The van der Waals surface area contributed by atoms with E-state index in [9.17, 15) is 9.00 Å². The molecule has 1 aromatic carbocycles.